The van der Waals surface area contributed by atoms with E-state index in [0.29, 0.717) is 22.0 Å². The molecule has 0 fully saturated rings. The van der Waals surface area contributed by atoms with Crippen molar-refractivity contribution >= 4 is 29.3 Å². The van der Waals surface area contributed by atoms with Crippen molar-refractivity contribution in [2.45, 2.75) is 0 Å². The molecular formula is C12H12ClNO3. The van der Waals surface area contributed by atoms with Gasteiger partial charge in [0.15, 0.2) is 0 Å². The van der Waals surface area contributed by atoms with Crippen LogP contribution in [0, 0.1) is 0 Å². The molecule has 17 heavy (non-hydrogen) atoms. The van der Waals surface area contributed by atoms with Gasteiger partial charge in [0, 0.05) is 17.3 Å². The predicted octanol–water partition coefficient (Wildman–Crippen LogP) is 2.63. The second-order valence-electron chi connectivity index (χ2n) is 3.05. The lowest BCUT2D eigenvalue weighted by molar-refractivity contribution is -0.132. The largest absolute Gasteiger partial charge is 0.495 e. The maximum absolute atomic E-state index is 11.1. The fourth-order valence-electron chi connectivity index (χ4n) is 1.16. The Morgan fingerprint density at radius 3 is 2.82 bits per heavy atom. The third-order valence-corrected chi connectivity index (χ3v) is 2.25. The highest BCUT2D eigenvalue weighted by molar-refractivity contribution is 6.32. The number of carbonyl (C=O) groups is 1. The third-order valence-electron chi connectivity index (χ3n) is 1.96. The van der Waals surface area contributed by atoms with Crippen LogP contribution in [0.2, 0.25) is 5.02 Å². The number of benzene rings is 1. The zero-order valence-electron chi connectivity index (χ0n) is 9.27. The predicted molar refractivity (Wildman–Crippen MR) is 67.7 cm³/mol. The van der Waals surface area contributed by atoms with Gasteiger partial charge in [-0.1, -0.05) is 18.2 Å². The van der Waals surface area contributed by atoms with Gasteiger partial charge in [0.2, 0.25) is 0 Å². The lowest BCUT2D eigenvalue weighted by Gasteiger charge is -2.06. The molecule has 1 aromatic rings. The highest BCUT2D eigenvalue weighted by Gasteiger charge is 2.05. The van der Waals surface area contributed by atoms with Gasteiger partial charge in [0.1, 0.15) is 5.75 Å². The Morgan fingerprint density at radius 2 is 2.24 bits per heavy atom. The van der Waals surface area contributed by atoms with Crippen molar-refractivity contribution in [3.05, 3.63) is 41.6 Å². The summed E-state index contributed by atoms with van der Waals surface area (Å²) in [4.78, 5) is 11.1. The Kier molecular flexibility index (Phi) is 4.60. The smallest absolute Gasteiger partial charge is 0.335 e. The quantitative estimate of drug-likeness (QED) is 0.388. The minimum atomic E-state index is -0.534. The molecule has 0 aliphatic carbocycles. The number of anilines is 1. The third kappa shape index (κ3) is 3.53. The first kappa shape index (κ1) is 13.1. The molecule has 0 unspecified atom stereocenters. The zero-order chi connectivity index (χ0) is 12.8. The number of halogens is 1. The van der Waals surface area contributed by atoms with Crippen LogP contribution in [0.15, 0.2) is 31.0 Å². The number of carbonyl (C=O) groups excluding carboxylic acids is 1. The Labute approximate surface area is 104 Å². The van der Waals surface area contributed by atoms with E-state index >= 15 is 0 Å². The molecule has 0 heterocycles. The number of hydrogen-bond donors (Lipinski definition) is 1. The van der Waals surface area contributed by atoms with E-state index < -0.39 is 5.97 Å². The molecule has 0 bridgehead atoms. The van der Waals surface area contributed by atoms with E-state index in [9.17, 15) is 4.79 Å². The van der Waals surface area contributed by atoms with Crippen molar-refractivity contribution < 1.29 is 14.3 Å². The monoisotopic (exact) mass is 253 g/mol. The van der Waals surface area contributed by atoms with E-state index in [1.165, 1.54) is 19.3 Å². The van der Waals surface area contributed by atoms with E-state index in [1.54, 1.807) is 12.1 Å². The van der Waals surface area contributed by atoms with E-state index in [0.717, 1.165) is 6.26 Å². The van der Waals surface area contributed by atoms with Crippen LogP contribution in [0.25, 0.3) is 6.08 Å². The summed E-state index contributed by atoms with van der Waals surface area (Å²) in [6.45, 7) is 3.27. The number of rotatable bonds is 4. The topological polar surface area (TPSA) is 61.5 Å². The van der Waals surface area contributed by atoms with Crippen molar-refractivity contribution in [2.75, 3.05) is 12.8 Å². The van der Waals surface area contributed by atoms with Crippen molar-refractivity contribution in [2.24, 2.45) is 0 Å². The Hall–Kier alpha value is -1.94. The van der Waals surface area contributed by atoms with Gasteiger partial charge in [-0.25, -0.2) is 4.79 Å². The minimum absolute atomic E-state index is 0.413. The number of hydrogen-bond acceptors (Lipinski definition) is 4. The first-order valence-electron chi connectivity index (χ1n) is 4.71. The van der Waals surface area contributed by atoms with E-state index in [-0.39, 0.29) is 0 Å². The van der Waals surface area contributed by atoms with Crippen LogP contribution in [0.5, 0.6) is 5.75 Å². The molecule has 0 saturated carbocycles. The Bertz CT molecular complexity index is 469. The van der Waals surface area contributed by atoms with Crippen molar-refractivity contribution in [1.82, 2.24) is 0 Å². The number of ether oxygens (including phenoxy) is 2. The molecule has 0 aromatic heterocycles. The summed E-state index contributed by atoms with van der Waals surface area (Å²) in [5.74, 6) is -0.0501. The Balaban J connectivity index is 2.98. The highest BCUT2D eigenvalue weighted by Crippen LogP contribution is 2.30. The Morgan fingerprint density at radius 1 is 1.53 bits per heavy atom. The van der Waals surface area contributed by atoms with Crippen molar-refractivity contribution in [3.63, 3.8) is 0 Å². The number of nitrogens with two attached hydrogens (primary N) is 1. The van der Waals surface area contributed by atoms with E-state index in [1.807, 2.05) is 0 Å². The molecule has 0 saturated heterocycles. The van der Waals surface area contributed by atoms with Gasteiger partial charge in [0.05, 0.1) is 18.4 Å². The van der Waals surface area contributed by atoms with Crippen LogP contribution in [0.1, 0.15) is 5.56 Å². The molecule has 0 aliphatic heterocycles. The van der Waals surface area contributed by atoms with Gasteiger partial charge < -0.3 is 15.2 Å². The van der Waals surface area contributed by atoms with Gasteiger partial charge in [-0.05, 0) is 18.2 Å². The van der Waals surface area contributed by atoms with Gasteiger partial charge >= 0.3 is 5.97 Å². The summed E-state index contributed by atoms with van der Waals surface area (Å²) in [6, 6.07) is 3.19. The highest BCUT2D eigenvalue weighted by atomic mass is 35.5. The number of esters is 1. The minimum Gasteiger partial charge on any atom is -0.495 e. The maximum Gasteiger partial charge on any atom is 0.335 e. The molecule has 0 spiro atoms. The van der Waals surface area contributed by atoms with E-state index in [2.05, 4.69) is 11.3 Å². The summed E-state index contributed by atoms with van der Waals surface area (Å²) in [5.41, 5.74) is 6.80. The fourth-order valence-corrected chi connectivity index (χ4v) is 1.41. The number of nitrogen functional groups attached to an aromatic ring is 1. The first-order valence-corrected chi connectivity index (χ1v) is 5.09. The second kappa shape index (κ2) is 5.96. The summed E-state index contributed by atoms with van der Waals surface area (Å²) < 4.78 is 9.56. The molecular weight excluding hydrogens is 242 g/mol. The molecule has 4 nitrogen and oxygen atoms in total. The lowest BCUT2D eigenvalue weighted by Crippen LogP contribution is -1.95. The lowest BCUT2D eigenvalue weighted by atomic mass is 10.1. The second-order valence-corrected chi connectivity index (χ2v) is 3.46. The van der Waals surface area contributed by atoms with Crippen LogP contribution in [0.3, 0.4) is 0 Å². The van der Waals surface area contributed by atoms with E-state index in [4.69, 9.17) is 22.1 Å². The summed E-state index contributed by atoms with van der Waals surface area (Å²) in [6.07, 6.45) is 3.80. The van der Waals surface area contributed by atoms with Crippen LogP contribution < -0.4 is 10.5 Å². The molecule has 0 aliphatic rings. The molecule has 1 aromatic carbocycles. The molecule has 0 atom stereocenters. The number of methoxy groups -OCH3 is 1. The van der Waals surface area contributed by atoms with Gasteiger partial charge in [-0.15, -0.1) is 0 Å². The molecule has 2 N–H and O–H groups in total. The van der Waals surface area contributed by atoms with Crippen LogP contribution in [0.4, 0.5) is 5.69 Å². The molecule has 90 valence electrons. The van der Waals surface area contributed by atoms with Gasteiger partial charge in [0.25, 0.3) is 0 Å². The standard InChI is InChI=1S/C12H12ClNO3/c1-3-17-12(15)5-4-8-6-11(16-2)9(13)7-10(8)14/h3-7H,1,14H2,2H3/b5-4+. The normalized spacial score (nSPS) is 10.2. The summed E-state index contributed by atoms with van der Waals surface area (Å²) in [5, 5.41) is 0.413. The molecule has 5 heteroatoms. The average Bonchev–Trinajstić information content (AvgIpc) is 2.28. The molecule has 1 rings (SSSR count). The first-order chi connectivity index (χ1) is 8.08. The van der Waals surface area contributed by atoms with Crippen LogP contribution in [-0.2, 0) is 9.53 Å². The summed E-state index contributed by atoms with van der Waals surface area (Å²) >= 11 is 5.88. The summed E-state index contributed by atoms with van der Waals surface area (Å²) in [7, 11) is 1.50. The SMILES string of the molecule is C=COC(=O)/C=C/c1cc(OC)c(Cl)cc1N. The molecule has 0 amide bonds. The molecule has 0 radical (unpaired) electrons. The van der Waals surface area contributed by atoms with Gasteiger partial charge in [-0.3, -0.25) is 0 Å². The maximum atomic E-state index is 11.1. The fraction of sp³-hybridized carbons (Fsp3) is 0.0833. The van der Waals surface area contributed by atoms with Crippen molar-refractivity contribution in [3.8, 4) is 5.75 Å². The van der Waals surface area contributed by atoms with Crippen LogP contribution >= 0.6 is 11.6 Å². The average molecular weight is 254 g/mol. The van der Waals surface area contributed by atoms with Crippen molar-refractivity contribution in [1.29, 1.82) is 0 Å². The van der Waals surface area contributed by atoms with Crippen LogP contribution in [-0.4, -0.2) is 13.1 Å². The zero-order valence-corrected chi connectivity index (χ0v) is 10.0. The van der Waals surface area contributed by atoms with Gasteiger partial charge in [-0.2, -0.15) is 0 Å².